The van der Waals surface area contributed by atoms with Gasteiger partial charge in [0, 0.05) is 31.5 Å². The zero-order chi connectivity index (χ0) is 19.4. The number of pyridine rings is 1. The van der Waals surface area contributed by atoms with E-state index in [9.17, 15) is 13.2 Å². The fraction of sp³-hybridized carbons (Fsp3) is 0.211. The Morgan fingerprint density at radius 3 is 2.67 bits per heavy atom. The highest BCUT2D eigenvalue weighted by atomic mass is 19.4. The van der Waals surface area contributed by atoms with Gasteiger partial charge in [-0.15, -0.1) is 0 Å². The number of halogens is 3. The van der Waals surface area contributed by atoms with Crippen LogP contribution in [0.1, 0.15) is 16.7 Å². The number of imidazole rings is 1. The van der Waals surface area contributed by atoms with Crippen LogP contribution in [0.4, 0.5) is 13.2 Å². The van der Waals surface area contributed by atoms with Crippen LogP contribution in [0.15, 0.2) is 60.1 Å². The van der Waals surface area contributed by atoms with E-state index < -0.39 is 11.7 Å². The molecule has 0 aliphatic carbocycles. The molecule has 140 valence electrons. The Bertz CT molecular complexity index is 960. The smallest absolute Gasteiger partial charge is 0.384 e. The van der Waals surface area contributed by atoms with Crippen molar-refractivity contribution in [2.24, 2.45) is 10.7 Å². The Morgan fingerprint density at radius 1 is 1.15 bits per heavy atom. The first-order valence-corrected chi connectivity index (χ1v) is 8.24. The fourth-order valence-electron chi connectivity index (χ4n) is 2.74. The highest BCUT2D eigenvalue weighted by Crippen LogP contribution is 2.32. The molecule has 0 radical (unpaired) electrons. The van der Waals surface area contributed by atoms with Gasteiger partial charge < -0.3 is 10.3 Å². The third-order valence-electron chi connectivity index (χ3n) is 4.15. The maximum atomic E-state index is 13.1. The van der Waals surface area contributed by atoms with Crippen LogP contribution < -0.4 is 5.73 Å². The van der Waals surface area contributed by atoms with Crippen molar-refractivity contribution in [3.63, 3.8) is 0 Å². The summed E-state index contributed by atoms with van der Waals surface area (Å²) in [5, 5.41) is 0. The minimum atomic E-state index is -4.36. The van der Waals surface area contributed by atoms with Crippen LogP contribution in [-0.2, 0) is 19.1 Å². The van der Waals surface area contributed by atoms with E-state index in [2.05, 4.69) is 15.0 Å². The third kappa shape index (κ3) is 4.33. The highest BCUT2D eigenvalue weighted by Gasteiger charge is 2.32. The van der Waals surface area contributed by atoms with Crippen LogP contribution in [0.3, 0.4) is 0 Å². The van der Waals surface area contributed by atoms with E-state index in [1.807, 2.05) is 0 Å². The van der Waals surface area contributed by atoms with E-state index in [0.717, 1.165) is 11.6 Å². The number of nitrogens with two attached hydrogens (primary N) is 1. The second-order valence-corrected chi connectivity index (χ2v) is 5.94. The first kappa shape index (κ1) is 18.6. The first-order chi connectivity index (χ1) is 12.9. The van der Waals surface area contributed by atoms with Gasteiger partial charge in [0.2, 0.25) is 0 Å². The van der Waals surface area contributed by atoms with Crippen molar-refractivity contribution < 1.29 is 13.2 Å². The molecule has 0 aliphatic rings. The number of hydrogen-bond acceptors (Lipinski definition) is 3. The summed E-state index contributed by atoms with van der Waals surface area (Å²) < 4.78 is 41.0. The third-order valence-corrected chi connectivity index (χ3v) is 4.15. The number of aliphatic imine (C=N–C) groups is 1. The lowest BCUT2D eigenvalue weighted by molar-refractivity contribution is -0.138. The van der Waals surface area contributed by atoms with Crippen molar-refractivity contribution >= 4 is 5.84 Å². The molecule has 27 heavy (non-hydrogen) atoms. The van der Waals surface area contributed by atoms with Crippen LogP contribution in [0.2, 0.25) is 0 Å². The van der Waals surface area contributed by atoms with E-state index in [1.54, 1.807) is 48.5 Å². The average Bonchev–Trinajstić information content (AvgIpc) is 3.14. The van der Waals surface area contributed by atoms with Crippen molar-refractivity contribution in [2.45, 2.75) is 19.1 Å². The Morgan fingerprint density at radius 2 is 1.93 bits per heavy atom. The molecule has 5 nitrogen and oxygen atoms in total. The minimum Gasteiger partial charge on any atom is -0.384 e. The summed E-state index contributed by atoms with van der Waals surface area (Å²) >= 11 is 0. The molecule has 0 aliphatic heterocycles. The SMILES string of the molecule is CN=C(N)c1ccnc(-c2cn(CCc3ccccc3C(F)(F)F)cn2)c1. The van der Waals surface area contributed by atoms with E-state index in [4.69, 9.17) is 5.73 Å². The molecule has 3 rings (SSSR count). The lowest BCUT2D eigenvalue weighted by Crippen LogP contribution is -2.13. The van der Waals surface area contributed by atoms with Gasteiger partial charge in [0.1, 0.15) is 11.5 Å². The van der Waals surface area contributed by atoms with Crippen LogP contribution in [0.25, 0.3) is 11.4 Å². The summed E-state index contributed by atoms with van der Waals surface area (Å²) in [5.74, 6) is 0.391. The lowest BCUT2D eigenvalue weighted by Gasteiger charge is -2.12. The quantitative estimate of drug-likeness (QED) is 0.549. The molecule has 0 spiro atoms. The summed E-state index contributed by atoms with van der Waals surface area (Å²) in [6.07, 6.45) is 0.830. The molecule has 8 heteroatoms. The van der Waals surface area contributed by atoms with Crippen molar-refractivity contribution in [1.82, 2.24) is 14.5 Å². The van der Waals surface area contributed by atoms with Gasteiger partial charge in [0.15, 0.2) is 0 Å². The number of hydrogen-bond donors (Lipinski definition) is 1. The number of aryl methyl sites for hydroxylation is 2. The molecular weight excluding hydrogens is 355 g/mol. The number of aromatic nitrogens is 3. The van der Waals surface area contributed by atoms with Crippen molar-refractivity contribution in [2.75, 3.05) is 7.05 Å². The Kier molecular flexibility index (Phi) is 5.25. The second kappa shape index (κ2) is 7.61. The van der Waals surface area contributed by atoms with Crippen molar-refractivity contribution in [3.05, 3.63) is 71.8 Å². The summed E-state index contributed by atoms with van der Waals surface area (Å²) in [4.78, 5) is 12.5. The van der Waals surface area contributed by atoms with Crippen molar-refractivity contribution in [3.8, 4) is 11.4 Å². The zero-order valence-corrected chi connectivity index (χ0v) is 14.6. The lowest BCUT2D eigenvalue weighted by atomic mass is 10.0. The van der Waals surface area contributed by atoms with E-state index >= 15 is 0 Å². The molecule has 0 saturated carbocycles. The van der Waals surface area contributed by atoms with E-state index in [1.165, 1.54) is 12.1 Å². The fourth-order valence-corrected chi connectivity index (χ4v) is 2.74. The topological polar surface area (TPSA) is 69.1 Å². The summed E-state index contributed by atoms with van der Waals surface area (Å²) in [6, 6.07) is 9.12. The molecule has 2 aromatic heterocycles. The van der Waals surface area contributed by atoms with Crippen LogP contribution in [0, 0.1) is 0 Å². The molecule has 0 fully saturated rings. The van der Waals surface area contributed by atoms with Gasteiger partial charge in [-0.25, -0.2) is 4.98 Å². The maximum Gasteiger partial charge on any atom is 0.416 e. The molecule has 2 N–H and O–H groups in total. The van der Waals surface area contributed by atoms with Crippen LogP contribution >= 0.6 is 0 Å². The van der Waals surface area contributed by atoms with Gasteiger partial charge >= 0.3 is 6.18 Å². The molecule has 0 saturated heterocycles. The Balaban J connectivity index is 1.77. The van der Waals surface area contributed by atoms with E-state index in [-0.39, 0.29) is 12.0 Å². The standard InChI is InChI=1S/C19H18F3N5/c1-24-18(23)14-6-8-25-16(10-14)17-11-27(12-26-17)9-7-13-4-2-3-5-15(13)19(20,21)22/h2-6,8,10-12H,7,9H2,1H3,(H2,23,24). The van der Waals surface area contributed by atoms with Crippen LogP contribution in [0.5, 0.6) is 0 Å². The largest absolute Gasteiger partial charge is 0.416 e. The first-order valence-electron chi connectivity index (χ1n) is 8.24. The van der Waals surface area contributed by atoms with Crippen molar-refractivity contribution in [1.29, 1.82) is 0 Å². The molecule has 0 amide bonds. The maximum absolute atomic E-state index is 13.1. The van der Waals surface area contributed by atoms with Gasteiger partial charge in [0.05, 0.1) is 17.6 Å². The molecule has 2 heterocycles. The molecule has 1 aromatic carbocycles. The number of benzene rings is 1. The summed E-state index contributed by atoms with van der Waals surface area (Å²) in [6.45, 7) is 0.373. The number of amidine groups is 1. The summed E-state index contributed by atoms with van der Waals surface area (Å²) in [7, 11) is 1.60. The Hall–Kier alpha value is -3.16. The van der Waals surface area contributed by atoms with Gasteiger partial charge in [0.25, 0.3) is 0 Å². The van der Waals surface area contributed by atoms with Gasteiger partial charge in [-0.05, 0) is 30.2 Å². The molecule has 0 unspecified atom stereocenters. The molecule has 3 aromatic rings. The molecular formula is C19H18F3N5. The number of rotatable bonds is 5. The van der Waals surface area contributed by atoms with E-state index in [0.29, 0.717) is 23.8 Å². The highest BCUT2D eigenvalue weighted by molar-refractivity contribution is 5.98. The number of nitrogens with zero attached hydrogens (tertiary/aromatic N) is 4. The second-order valence-electron chi connectivity index (χ2n) is 5.94. The zero-order valence-electron chi connectivity index (χ0n) is 14.6. The van der Waals surface area contributed by atoms with Gasteiger partial charge in [-0.1, -0.05) is 18.2 Å². The van der Waals surface area contributed by atoms with Gasteiger partial charge in [-0.2, -0.15) is 13.2 Å². The Labute approximate surface area is 154 Å². The molecule has 0 bridgehead atoms. The average molecular weight is 373 g/mol. The predicted molar refractivity (Wildman–Crippen MR) is 97.3 cm³/mol. The number of alkyl halides is 3. The normalized spacial score (nSPS) is 12.4. The minimum absolute atomic E-state index is 0.244. The van der Waals surface area contributed by atoms with Crippen LogP contribution in [-0.4, -0.2) is 27.4 Å². The van der Waals surface area contributed by atoms with Gasteiger partial charge in [-0.3, -0.25) is 9.98 Å². The monoisotopic (exact) mass is 373 g/mol. The predicted octanol–water partition coefficient (Wildman–Crippen LogP) is 3.54. The molecule has 0 atom stereocenters. The summed E-state index contributed by atoms with van der Waals surface area (Å²) in [5.41, 5.74) is 7.43.